The number of nitrogens with one attached hydrogen (secondary N) is 2. The average molecular weight is 298 g/mol. The van der Waals surface area contributed by atoms with Gasteiger partial charge in [0.25, 0.3) is 0 Å². The molecule has 2 heterocycles. The van der Waals surface area contributed by atoms with E-state index in [-0.39, 0.29) is 17.4 Å². The van der Waals surface area contributed by atoms with E-state index in [1.54, 1.807) is 0 Å². The fraction of sp³-hybridized carbons (Fsp3) is 0.500. The summed E-state index contributed by atoms with van der Waals surface area (Å²) in [6.45, 7) is 1.95. The quantitative estimate of drug-likeness (QED) is 0.895. The lowest BCUT2D eigenvalue weighted by molar-refractivity contribution is -0.286. The van der Waals surface area contributed by atoms with Gasteiger partial charge in [0.1, 0.15) is 0 Å². The zero-order valence-electron chi connectivity index (χ0n) is 11.3. The van der Waals surface area contributed by atoms with Gasteiger partial charge in [-0.15, -0.1) is 8.78 Å². The topological polar surface area (TPSA) is 59.6 Å². The van der Waals surface area contributed by atoms with Crippen molar-refractivity contribution in [1.82, 2.24) is 5.32 Å². The fourth-order valence-electron chi connectivity index (χ4n) is 2.55. The molecule has 0 saturated carbocycles. The third-order valence-corrected chi connectivity index (χ3v) is 3.63. The zero-order valence-corrected chi connectivity index (χ0v) is 11.3. The Labute approximate surface area is 120 Å². The van der Waals surface area contributed by atoms with Crippen molar-refractivity contribution in [3.8, 4) is 11.5 Å². The second-order valence-electron chi connectivity index (χ2n) is 5.27. The Balaban J connectivity index is 1.54. The maximum Gasteiger partial charge on any atom is 0.586 e. The van der Waals surface area contributed by atoms with Crippen LogP contribution >= 0.6 is 0 Å². The lowest BCUT2D eigenvalue weighted by Crippen LogP contribution is -2.25. The van der Waals surface area contributed by atoms with Crippen molar-refractivity contribution in [3.05, 3.63) is 18.2 Å². The largest absolute Gasteiger partial charge is 0.586 e. The number of hydrogen-bond donors (Lipinski definition) is 2. The van der Waals surface area contributed by atoms with Gasteiger partial charge in [-0.3, -0.25) is 4.79 Å². The minimum Gasteiger partial charge on any atom is -0.395 e. The molecule has 5 nitrogen and oxygen atoms in total. The number of benzene rings is 1. The predicted molar refractivity (Wildman–Crippen MR) is 71.5 cm³/mol. The number of alkyl halides is 2. The molecule has 1 aromatic rings. The van der Waals surface area contributed by atoms with Crippen molar-refractivity contribution in [3.63, 3.8) is 0 Å². The number of ether oxygens (including phenoxy) is 2. The SMILES string of the molecule is O=C(CCC1CCNC1)Nc1ccc2c(c1)OC(F)(F)O2. The van der Waals surface area contributed by atoms with E-state index < -0.39 is 6.29 Å². The van der Waals surface area contributed by atoms with Crippen LogP contribution in [0.2, 0.25) is 0 Å². The molecule has 2 N–H and O–H groups in total. The lowest BCUT2D eigenvalue weighted by Gasteiger charge is -2.09. The van der Waals surface area contributed by atoms with Crippen LogP contribution < -0.4 is 20.1 Å². The second-order valence-corrected chi connectivity index (χ2v) is 5.27. The molecule has 0 spiro atoms. The van der Waals surface area contributed by atoms with Crippen LogP contribution in [0.4, 0.5) is 14.5 Å². The van der Waals surface area contributed by atoms with Crippen LogP contribution in [0.5, 0.6) is 11.5 Å². The third-order valence-electron chi connectivity index (χ3n) is 3.63. The third kappa shape index (κ3) is 3.41. The number of carbonyl (C=O) groups excluding carboxylic acids is 1. The van der Waals surface area contributed by atoms with Crippen molar-refractivity contribution in [1.29, 1.82) is 0 Å². The van der Waals surface area contributed by atoms with Gasteiger partial charge in [-0.1, -0.05) is 0 Å². The smallest absolute Gasteiger partial charge is 0.395 e. The molecular formula is C14H16F2N2O3. The van der Waals surface area contributed by atoms with Crippen LogP contribution in [-0.4, -0.2) is 25.3 Å². The van der Waals surface area contributed by atoms with Gasteiger partial charge in [0, 0.05) is 18.2 Å². The van der Waals surface area contributed by atoms with Gasteiger partial charge < -0.3 is 20.1 Å². The van der Waals surface area contributed by atoms with Crippen molar-refractivity contribution >= 4 is 11.6 Å². The highest BCUT2D eigenvalue weighted by Crippen LogP contribution is 2.42. The number of anilines is 1. The summed E-state index contributed by atoms with van der Waals surface area (Å²) in [6, 6.07) is 4.20. The molecule has 0 aliphatic carbocycles. The molecule has 1 saturated heterocycles. The summed E-state index contributed by atoms with van der Waals surface area (Å²) in [5.74, 6) is 0.298. The molecule has 7 heteroatoms. The highest BCUT2D eigenvalue weighted by atomic mass is 19.3. The van der Waals surface area contributed by atoms with Gasteiger partial charge in [-0.2, -0.15) is 0 Å². The molecule has 1 amide bonds. The van der Waals surface area contributed by atoms with E-state index in [0.29, 0.717) is 18.0 Å². The first-order valence-corrected chi connectivity index (χ1v) is 6.92. The molecule has 1 unspecified atom stereocenters. The van der Waals surface area contributed by atoms with Gasteiger partial charge in [0.05, 0.1) is 0 Å². The fourth-order valence-corrected chi connectivity index (χ4v) is 2.55. The molecule has 2 aliphatic rings. The molecule has 2 aliphatic heterocycles. The molecule has 0 bridgehead atoms. The van der Waals surface area contributed by atoms with E-state index in [0.717, 1.165) is 25.9 Å². The second kappa shape index (κ2) is 5.48. The Hall–Kier alpha value is -1.89. The first-order valence-electron chi connectivity index (χ1n) is 6.92. The number of hydrogen-bond acceptors (Lipinski definition) is 4. The van der Waals surface area contributed by atoms with Gasteiger partial charge in [-0.05, 0) is 44.0 Å². The minimum atomic E-state index is -3.64. The summed E-state index contributed by atoms with van der Waals surface area (Å²) >= 11 is 0. The standard InChI is InChI=1S/C14H16F2N2O3/c15-14(16)20-11-3-2-10(7-12(11)21-14)18-13(19)4-1-9-5-6-17-8-9/h2-3,7,9,17H,1,4-6,8H2,(H,18,19). The van der Waals surface area contributed by atoms with Crippen LogP contribution in [0.1, 0.15) is 19.3 Å². The van der Waals surface area contributed by atoms with Crippen LogP contribution in [0, 0.1) is 5.92 Å². The number of halogens is 2. The summed E-state index contributed by atoms with van der Waals surface area (Å²) in [5, 5.41) is 5.93. The number of rotatable bonds is 4. The summed E-state index contributed by atoms with van der Waals surface area (Å²) in [6.07, 6.45) is -1.31. The molecule has 3 rings (SSSR count). The average Bonchev–Trinajstić information content (AvgIpc) is 3.01. The van der Waals surface area contributed by atoms with E-state index in [9.17, 15) is 13.6 Å². The number of amides is 1. The highest BCUT2D eigenvalue weighted by Gasteiger charge is 2.43. The first kappa shape index (κ1) is 14.1. The molecule has 1 aromatic carbocycles. The maximum absolute atomic E-state index is 12.9. The molecule has 0 radical (unpaired) electrons. The van der Waals surface area contributed by atoms with Crippen molar-refractivity contribution < 1.29 is 23.0 Å². The molecule has 1 atom stereocenters. The van der Waals surface area contributed by atoms with Gasteiger partial charge in [0.15, 0.2) is 11.5 Å². The zero-order chi connectivity index (χ0) is 14.9. The number of carbonyl (C=O) groups is 1. The van der Waals surface area contributed by atoms with Crippen LogP contribution in [0.15, 0.2) is 18.2 Å². The van der Waals surface area contributed by atoms with Crippen LogP contribution in [-0.2, 0) is 4.79 Å². The van der Waals surface area contributed by atoms with E-state index in [2.05, 4.69) is 20.1 Å². The van der Waals surface area contributed by atoms with E-state index >= 15 is 0 Å². The molecule has 114 valence electrons. The monoisotopic (exact) mass is 298 g/mol. The van der Waals surface area contributed by atoms with Crippen molar-refractivity contribution in [2.45, 2.75) is 25.6 Å². The number of fused-ring (bicyclic) bond motifs is 1. The summed E-state index contributed by atoms with van der Waals surface area (Å²) in [5.41, 5.74) is 0.421. The van der Waals surface area contributed by atoms with Gasteiger partial charge in [-0.25, -0.2) is 0 Å². The van der Waals surface area contributed by atoms with Crippen LogP contribution in [0.25, 0.3) is 0 Å². The van der Waals surface area contributed by atoms with E-state index in [1.165, 1.54) is 18.2 Å². The minimum absolute atomic E-state index is 0.0324. The normalized spacial score (nSPS) is 22.3. The molecule has 0 aromatic heterocycles. The molecule has 1 fully saturated rings. The van der Waals surface area contributed by atoms with Crippen molar-refractivity contribution in [2.75, 3.05) is 18.4 Å². The predicted octanol–water partition coefficient (Wildman–Crippen LogP) is 2.34. The maximum atomic E-state index is 12.9. The molecule has 21 heavy (non-hydrogen) atoms. The Morgan fingerprint density at radius 3 is 2.95 bits per heavy atom. The van der Waals surface area contributed by atoms with Gasteiger partial charge in [0.2, 0.25) is 5.91 Å². The Bertz CT molecular complexity index is 545. The first-order chi connectivity index (χ1) is 10.0. The molecular weight excluding hydrogens is 282 g/mol. The van der Waals surface area contributed by atoms with Gasteiger partial charge >= 0.3 is 6.29 Å². The lowest BCUT2D eigenvalue weighted by atomic mass is 10.0. The van der Waals surface area contributed by atoms with E-state index in [4.69, 9.17) is 0 Å². The highest BCUT2D eigenvalue weighted by molar-refractivity contribution is 5.91. The van der Waals surface area contributed by atoms with Crippen LogP contribution in [0.3, 0.4) is 0 Å². The summed E-state index contributed by atoms with van der Waals surface area (Å²) in [4.78, 5) is 11.8. The van der Waals surface area contributed by atoms with Crippen molar-refractivity contribution in [2.24, 2.45) is 5.92 Å². The van der Waals surface area contributed by atoms with E-state index in [1.807, 2.05) is 0 Å². The summed E-state index contributed by atoms with van der Waals surface area (Å²) < 4.78 is 34.4. The summed E-state index contributed by atoms with van der Waals surface area (Å²) in [7, 11) is 0. The Morgan fingerprint density at radius 1 is 1.38 bits per heavy atom. The Morgan fingerprint density at radius 2 is 2.19 bits per heavy atom. The Kier molecular flexibility index (Phi) is 3.67.